The summed E-state index contributed by atoms with van der Waals surface area (Å²) < 4.78 is 0. The molecular formula is C15H15ClO. The second-order valence-electron chi connectivity index (χ2n) is 4.61. The highest BCUT2D eigenvalue weighted by Crippen LogP contribution is 2.29. The van der Waals surface area contributed by atoms with Gasteiger partial charge in [-0.25, -0.2) is 0 Å². The Hall–Kier alpha value is -1.34. The lowest BCUT2D eigenvalue weighted by Crippen LogP contribution is -1.95. The van der Waals surface area contributed by atoms with E-state index in [4.69, 9.17) is 11.6 Å². The molecular weight excluding hydrogens is 232 g/mol. The van der Waals surface area contributed by atoms with Crippen LogP contribution in [0.5, 0.6) is 0 Å². The molecule has 0 amide bonds. The summed E-state index contributed by atoms with van der Waals surface area (Å²) in [5.41, 5.74) is 1.97. The average molecular weight is 247 g/mol. The summed E-state index contributed by atoms with van der Waals surface area (Å²) in [5, 5.41) is 2.60. The second kappa shape index (κ2) is 4.50. The molecule has 0 atom stereocenters. The van der Waals surface area contributed by atoms with Crippen molar-refractivity contribution in [3.8, 4) is 0 Å². The normalized spacial score (nSPS) is 11.1. The van der Waals surface area contributed by atoms with Gasteiger partial charge in [-0.3, -0.25) is 4.79 Å². The Balaban J connectivity index is 2.80. The fourth-order valence-corrected chi connectivity index (χ4v) is 2.22. The molecule has 0 bridgehead atoms. The second-order valence-corrected chi connectivity index (χ2v) is 5.02. The molecule has 17 heavy (non-hydrogen) atoms. The summed E-state index contributed by atoms with van der Waals surface area (Å²) in [4.78, 5) is 11.6. The van der Waals surface area contributed by atoms with Crippen molar-refractivity contribution in [2.75, 3.05) is 0 Å². The van der Waals surface area contributed by atoms with Crippen LogP contribution in [0.4, 0.5) is 0 Å². The number of hydrogen-bond donors (Lipinski definition) is 0. The van der Waals surface area contributed by atoms with Gasteiger partial charge in [0.25, 0.3) is 0 Å². The van der Waals surface area contributed by atoms with Gasteiger partial charge in [-0.05, 0) is 35.9 Å². The lowest BCUT2D eigenvalue weighted by molar-refractivity contribution is 0.101. The van der Waals surface area contributed by atoms with E-state index in [2.05, 4.69) is 26.0 Å². The average Bonchev–Trinajstić information content (AvgIpc) is 2.28. The Labute approximate surface area is 106 Å². The number of ketones is 1. The zero-order chi connectivity index (χ0) is 12.6. The Bertz CT molecular complexity index is 585. The van der Waals surface area contributed by atoms with Crippen LogP contribution in [0.25, 0.3) is 10.8 Å². The van der Waals surface area contributed by atoms with E-state index >= 15 is 0 Å². The van der Waals surface area contributed by atoms with Gasteiger partial charge < -0.3 is 0 Å². The van der Waals surface area contributed by atoms with Gasteiger partial charge in [-0.1, -0.05) is 43.6 Å². The Morgan fingerprint density at radius 3 is 2.41 bits per heavy atom. The zero-order valence-electron chi connectivity index (χ0n) is 10.3. The van der Waals surface area contributed by atoms with Gasteiger partial charge in [0, 0.05) is 16.0 Å². The number of Topliss-reactive ketones (excluding diaryl/α,β-unsaturated/α-hetero) is 1. The molecule has 0 fully saturated rings. The predicted molar refractivity (Wildman–Crippen MR) is 73.1 cm³/mol. The van der Waals surface area contributed by atoms with Crippen LogP contribution in [0.3, 0.4) is 0 Å². The molecule has 2 aromatic carbocycles. The highest BCUT2D eigenvalue weighted by molar-refractivity contribution is 6.36. The summed E-state index contributed by atoms with van der Waals surface area (Å²) in [6.45, 7) is 5.86. The minimum absolute atomic E-state index is 0.0765. The van der Waals surface area contributed by atoms with Gasteiger partial charge >= 0.3 is 0 Å². The molecule has 0 aromatic heterocycles. The van der Waals surface area contributed by atoms with Crippen molar-refractivity contribution in [3.05, 3.63) is 46.5 Å². The van der Waals surface area contributed by atoms with Crippen LogP contribution in [0.2, 0.25) is 5.02 Å². The van der Waals surface area contributed by atoms with Crippen molar-refractivity contribution in [3.63, 3.8) is 0 Å². The Morgan fingerprint density at radius 2 is 1.82 bits per heavy atom. The van der Waals surface area contributed by atoms with E-state index in [9.17, 15) is 4.79 Å². The van der Waals surface area contributed by atoms with Crippen LogP contribution >= 0.6 is 11.6 Å². The molecule has 0 heterocycles. The third-order valence-corrected chi connectivity index (χ3v) is 3.36. The molecule has 0 saturated carbocycles. The molecule has 0 N–H and O–H groups in total. The van der Waals surface area contributed by atoms with Crippen LogP contribution in [0, 0.1) is 0 Å². The topological polar surface area (TPSA) is 17.1 Å². The Morgan fingerprint density at radius 1 is 1.12 bits per heavy atom. The van der Waals surface area contributed by atoms with Crippen molar-refractivity contribution in [1.82, 2.24) is 0 Å². The lowest BCUT2D eigenvalue weighted by atomic mass is 9.95. The van der Waals surface area contributed by atoms with Gasteiger partial charge in [0.1, 0.15) is 0 Å². The number of carbonyl (C=O) groups excluding carboxylic acids is 1. The smallest absolute Gasteiger partial charge is 0.160 e. The SMILES string of the molecule is CC(=O)c1ccc(Cl)c2ccc(C(C)C)cc12. The van der Waals surface area contributed by atoms with Crippen LogP contribution in [-0.2, 0) is 0 Å². The first kappa shape index (κ1) is 12.1. The minimum Gasteiger partial charge on any atom is -0.294 e. The number of benzene rings is 2. The van der Waals surface area contributed by atoms with Crippen LogP contribution in [0.15, 0.2) is 30.3 Å². The molecule has 0 aliphatic carbocycles. The van der Waals surface area contributed by atoms with E-state index in [0.717, 1.165) is 16.3 Å². The summed E-state index contributed by atoms with van der Waals surface area (Å²) >= 11 is 6.15. The lowest BCUT2D eigenvalue weighted by Gasteiger charge is -2.10. The predicted octanol–water partition coefficient (Wildman–Crippen LogP) is 4.82. The molecule has 2 aromatic rings. The maximum atomic E-state index is 11.6. The first-order chi connectivity index (χ1) is 8.00. The largest absolute Gasteiger partial charge is 0.294 e. The first-order valence-electron chi connectivity index (χ1n) is 5.74. The van der Waals surface area contributed by atoms with Crippen LogP contribution < -0.4 is 0 Å². The number of fused-ring (bicyclic) bond motifs is 1. The highest BCUT2D eigenvalue weighted by Gasteiger charge is 2.10. The highest BCUT2D eigenvalue weighted by atomic mass is 35.5. The van der Waals surface area contributed by atoms with Crippen molar-refractivity contribution >= 4 is 28.2 Å². The molecule has 1 nitrogen and oxygen atoms in total. The van der Waals surface area contributed by atoms with E-state index in [1.54, 1.807) is 19.1 Å². The van der Waals surface area contributed by atoms with Gasteiger partial charge in [0.15, 0.2) is 5.78 Å². The molecule has 2 rings (SSSR count). The summed E-state index contributed by atoms with van der Waals surface area (Å²) in [7, 11) is 0. The fourth-order valence-electron chi connectivity index (χ4n) is 2.00. The minimum atomic E-state index is 0.0765. The maximum absolute atomic E-state index is 11.6. The summed E-state index contributed by atoms with van der Waals surface area (Å²) in [5.74, 6) is 0.519. The molecule has 0 radical (unpaired) electrons. The van der Waals surface area contributed by atoms with E-state index in [-0.39, 0.29) is 5.78 Å². The quantitative estimate of drug-likeness (QED) is 0.695. The molecule has 0 unspecified atom stereocenters. The fraction of sp³-hybridized carbons (Fsp3) is 0.267. The van der Waals surface area contributed by atoms with Crippen LogP contribution in [0.1, 0.15) is 42.6 Å². The Kier molecular flexibility index (Phi) is 3.21. The zero-order valence-corrected chi connectivity index (χ0v) is 11.0. The molecule has 0 aliphatic rings. The monoisotopic (exact) mass is 246 g/mol. The van der Waals surface area contributed by atoms with Gasteiger partial charge in [-0.15, -0.1) is 0 Å². The van der Waals surface area contributed by atoms with Crippen molar-refractivity contribution in [2.24, 2.45) is 0 Å². The third-order valence-electron chi connectivity index (χ3n) is 3.03. The summed E-state index contributed by atoms with van der Waals surface area (Å²) in [6.07, 6.45) is 0. The standard InChI is InChI=1S/C15H15ClO/c1-9(2)11-4-5-13-14(8-11)12(10(3)17)6-7-15(13)16/h4-9H,1-3H3. The first-order valence-corrected chi connectivity index (χ1v) is 6.11. The van der Waals surface area contributed by atoms with Gasteiger partial charge in [-0.2, -0.15) is 0 Å². The number of halogens is 1. The van der Waals surface area contributed by atoms with Crippen molar-refractivity contribution in [1.29, 1.82) is 0 Å². The summed E-state index contributed by atoms with van der Waals surface area (Å²) in [6, 6.07) is 9.73. The molecule has 0 saturated heterocycles. The van der Waals surface area contributed by atoms with Gasteiger partial charge in [0.2, 0.25) is 0 Å². The van der Waals surface area contributed by atoms with Gasteiger partial charge in [0.05, 0.1) is 0 Å². The number of carbonyl (C=O) groups is 1. The number of hydrogen-bond acceptors (Lipinski definition) is 1. The molecule has 0 aliphatic heterocycles. The van der Waals surface area contributed by atoms with E-state index < -0.39 is 0 Å². The van der Waals surface area contributed by atoms with E-state index in [1.165, 1.54) is 5.56 Å². The molecule has 88 valence electrons. The number of rotatable bonds is 2. The van der Waals surface area contributed by atoms with E-state index in [1.807, 2.05) is 6.07 Å². The van der Waals surface area contributed by atoms with E-state index in [0.29, 0.717) is 10.9 Å². The maximum Gasteiger partial charge on any atom is 0.160 e. The van der Waals surface area contributed by atoms with Crippen molar-refractivity contribution in [2.45, 2.75) is 26.7 Å². The third kappa shape index (κ3) is 2.20. The molecule has 2 heteroatoms. The van der Waals surface area contributed by atoms with Crippen molar-refractivity contribution < 1.29 is 4.79 Å². The van der Waals surface area contributed by atoms with Crippen LogP contribution in [-0.4, -0.2) is 5.78 Å². The molecule has 0 spiro atoms.